The van der Waals surface area contributed by atoms with E-state index in [1.165, 1.54) is 0 Å². The van der Waals surface area contributed by atoms with Gasteiger partial charge in [-0.1, -0.05) is 98.6 Å². The Morgan fingerprint density at radius 3 is 1.97 bits per heavy atom. The molecule has 0 aliphatic heterocycles. The molecular weight excluding hydrogens is 458 g/mol. The molecule has 0 bridgehead atoms. The fourth-order valence-corrected chi connectivity index (χ4v) is 4.93. The fraction of sp³-hybridized carbons (Fsp3) is 0.500. The van der Waals surface area contributed by atoms with Crippen molar-refractivity contribution in [3.63, 3.8) is 0 Å². The molecule has 2 aromatic carbocycles. The molecule has 0 amide bonds. The highest BCUT2D eigenvalue weighted by Gasteiger charge is 2.28. The average molecular weight is 504 g/mol. The first-order valence-corrected chi connectivity index (χ1v) is 13.6. The Hall–Kier alpha value is -3.08. The van der Waals surface area contributed by atoms with Crippen LogP contribution in [0.15, 0.2) is 48.7 Å². The molecule has 5 nitrogen and oxygen atoms in total. The van der Waals surface area contributed by atoms with Crippen LogP contribution in [-0.4, -0.2) is 20.0 Å². The summed E-state index contributed by atoms with van der Waals surface area (Å²) in [7, 11) is 0. The van der Waals surface area contributed by atoms with Crippen molar-refractivity contribution in [2.24, 2.45) is 5.92 Å². The van der Waals surface area contributed by atoms with Crippen molar-refractivity contribution in [3.8, 4) is 17.0 Å². The van der Waals surface area contributed by atoms with Crippen LogP contribution in [-0.2, 0) is 23.9 Å². The zero-order chi connectivity index (χ0) is 27.5. The van der Waals surface area contributed by atoms with E-state index in [0.29, 0.717) is 17.1 Å². The number of hydrogen-bond donors (Lipinski definition) is 2. The molecule has 2 N–H and O–H groups in total. The summed E-state index contributed by atoms with van der Waals surface area (Å²) in [5.41, 5.74) is 3.83. The van der Waals surface area contributed by atoms with Gasteiger partial charge in [-0.2, -0.15) is 0 Å². The van der Waals surface area contributed by atoms with Crippen LogP contribution < -0.4 is 5.62 Å². The molecule has 0 fully saturated rings. The van der Waals surface area contributed by atoms with Gasteiger partial charge in [0, 0.05) is 29.4 Å². The molecule has 0 saturated carbocycles. The number of ketones is 1. The Morgan fingerprint density at radius 1 is 0.946 bits per heavy atom. The lowest BCUT2D eigenvalue weighted by Crippen LogP contribution is -2.28. The van der Waals surface area contributed by atoms with Gasteiger partial charge in [-0.15, -0.1) is 0 Å². The largest absolute Gasteiger partial charge is 0.507 e. The Morgan fingerprint density at radius 2 is 1.49 bits per heavy atom. The molecule has 3 rings (SSSR count). The summed E-state index contributed by atoms with van der Waals surface area (Å²) >= 11 is 0. The molecule has 0 radical (unpaired) electrons. The van der Waals surface area contributed by atoms with E-state index in [1.807, 2.05) is 82.6 Å². The summed E-state index contributed by atoms with van der Waals surface area (Å²) in [6, 6.07) is 13.8. The van der Waals surface area contributed by atoms with Crippen molar-refractivity contribution in [2.75, 3.05) is 0 Å². The number of imidazole rings is 1. The first-order chi connectivity index (χ1) is 17.3. The van der Waals surface area contributed by atoms with E-state index in [0.717, 1.165) is 48.2 Å². The molecule has 3 aromatic rings. The van der Waals surface area contributed by atoms with E-state index in [4.69, 9.17) is 5.41 Å². The van der Waals surface area contributed by atoms with Crippen molar-refractivity contribution >= 4 is 5.78 Å². The number of carbonyl (C=O) groups excluding carboxylic acids is 1. The third-order valence-electron chi connectivity index (χ3n) is 7.44. The standard InChI is InChI=1S/C32H45N3O2/c1-9-22(10-2)16-17-35-27(23-14-12-11-13-15-23)20-34(30(35)33)21-28(36)24-18-25(31(3,4)5)29(37)26(19-24)32(6,7)8/h11-15,18-20,22,33,37H,9-10,16-17,21H2,1-8H3. The maximum absolute atomic E-state index is 13.7. The van der Waals surface area contributed by atoms with Gasteiger partial charge in [-0.25, -0.2) is 0 Å². The van der Waals surface area contributed by atoms with Crippen LogP contribution in [0.5, 0.6) is 5.75 Å². The quantitative estimate of drug-likeness (QED) is 0.298. The van der Waals surface area contributed by atoms with Crippen LogP contribution in [0.4, 0.5) is 0 Å². The summed E-state index contributed by atoms with van der Waals surface area (Å²) in [5.74, 6) is 0.819. The number of phenols is 1. The van der Waals surface area contributed by atoms with Gasteiger partial charge in [0.05, 0.1) is 12.2 Å². The second kappa shape index (κ2) is 11.1. The van der Waals surface area contributed by atoms with E-state index in [1.54, 1.807) is 4.57 Å². The molecule has 0 saturated heterocycles. The minimum absolute atomic E-state index is 0.0637. The van der Waals surface area contributed by atoms with Gasteiger partial charge in [0.15, 0.2) is 5.78 Å². The van der Waals surface area contributed by atoms with E-state index in [-0.39, 0.29) is 28.9 Å². The van der Waals surface area contributed by atoms with Crippen molar-refractivity contribution in [2.45, 2.75) is 98.6 Å². The minimum Gasteiger partial charge on any atom is -0.507 e. The normalized spacial score (nSPS) is 12.4. The van der Waals surface area contributed by atoms with Gasteiger partial charge in [-0.3, -0.25) is 10.2 Å². The summed E-state index contributed by atoms with van der Waals surface area (Å²) in [6.07, 6.45) is 5.19. The lowest BCUT2D eigenvalue weighted by atomic mass is 9.78. The van der Waals surface area contributed by atoms with Gasteiger partial charge < -0.3 is 14.2 Å². The summed E-state index contributed by atoms with van der Waals surface area (Å²) in [4.78, 5) is 13.7. The molecule has 0 atom stereocenters. The van der Waals surface area contributed by atoms with Gasteiger partial charge in [0.2, 0.25) is 5.62 Å². The van der Waals surface area contributed by atoms with Gasteiger partial charge >= 0.3 is 0 Å². The predicted molar refractivity (Wildman–Crippen MR) is 152 cm³/mol. The van der Waals surface area contributed by atoms with Crippen molar-refractivity contribution in [1.82, 2.24) is 9.13 Å². The van der Waals surface area contributed by atoms with E-state index < -0.39 is 0 Å². The van der Waals surface area contributed by atoms with Gasteiger partial charge in [-0.05, 0) is 40.9 Å². The molecule has 0 aliphatic carbocycles. The molecule has 0 spiro atoms. The highest BCUT2D eigenvalue weighted by Crippen LogP contribution is 2.40. The van der Waals surface area contributed by atoms with Crippen LogP contribution in [0.1, 0.15) is 96.1 Å². The first kappa shape index (κ1) is 28.5. The fourth-order valence-electron chi connectivity index (χ4n) is 4.93. The van der Waals surface area contributed by atoms with E-state index in [9.17, 15) is 9.90 Å². The summed E-state index contributed by atoms with van der Waals surface area (Å²) in [5, 5.41) is 20.0. The zero-order valence-electron chi connectivity index (χ0n) is 24.0. The molecule has 1 heterocycles. The van der Waals surface area contributed by atoms with Crippen molar-refractivity contribution in [1.29, 1.82) is 5.41 Å². The second-order valence-corrected chi connectivity index (χ2v) is 12.3. The molecule has 200 valence electrons. The molecule has 37 heavy (non-hydrogen) atoms. The van der Waals surface area contributed by atoms with Crippen LogP contribution in [0, 0.1) is 11.3 Å². The van der Waals surface area contributed by atoms with Crippen molar-refractivity contribution in [3.05, 3.63) is 71.0 Å². The molecule has 1 aromatic heterocycles. The SMILES string of the molecule is CCC(CC)CCn1c(-c2ccccc2)cn(CC(=O)c2cc(C(C)(C)C)c(O)c(C(C)(C)C)c2)c1=N. The molecule has 5 heteroatoms. The lowest BCUT2D eigenvalue weighted by Gasteiger charge is -2.28. The number of carbonyl (C=O) groups is 1. The minimum atomic E-state index is -0.312. The Labute approximate surface area is 222 Å². The number of nitrogens with one attached hydrogen (secondary N) is 1. The Bertz CT molecular complexity index is 1250. The second-order valence-electron chi connectivity index (χ2n) is 12.3. The topological polar surface area (TPSA) is 71.0 Å². The highest BCUT2D eigenvalue weighted by atomic mass is 16.3. The van der Waals surface area contributed by atoms with Crippen LogP contribution >= 0.6 is 0 Å². The number of rotatable bonds is 9. The predicted octanol–water partition coefficient (Wildman–Crippen LogP) is 7.45. The Balaban J connectivity index is 2.05. The maximum atomic E-state index is 13.7. The number of nitrogens with zero attached hydrogens (tertiary/aromatic N) is 2. The van der Waals surface area contributed by atoms with Crippen LogP contribution in [0.25, 0.3) is 11.3 Å². The van der Waals surface area contributed by atoms with Gasteiger partial charge in [0.25, 0.3) is 0 Å². The third kappa shape index (κ3) is 6.44. The smallest absolute Gasteiger partial charge is 0.202 e. The number of Topliss-reactive ketones (excluding diaryl/α,β-unsaturated/α-hetero) is 1. The molecule has 0 aliphatic rings. The monoisotopic (exact) mass is 503 g/mol. The van der Waals surface area contributed by atoms with Crippen molar-refractivity contribution < 1.29 is 9.90 Å². The average Bonchev–Trinajstić information content (AvgIpc) is 3.14. The number of phenolic OH excluding ortho intramolecular Hbond substituents is 1. The highest BCUT2D eigenvalue weighted by molar-refractivity contribution is 5.96. The van der Waals surface area contributed by atoms with Gasteiger partial charge in [0.1, 0.15) is 5.75 Å². The third-order valence-corrected chi connectivity index (χ3v) is 7.44. The lowest BCUT2D eigenvalue weighted by molar-refractivity contribution is 0.0969. The number of aromatic hydroxyl groups is 1. The van der Waals surface area contributed by atoms with E-state index >= 15 is 0 Å². The summed E-state index contributed by atoms with van der Waals surface area (Å²) in [6.45, 7) is 17.5. The number of benzene rings is 2. The molecule has 0 unspecified atom stereocenters. The molecular formula is C32H45N3O2. The Kier molecular flexibility index (Phi) is 8.56. The van der Waals surface area contributed by atoms with Crippen LogP contribution in [0.2, 0.25) is 0 Å². The van der Waals surface area contributed by atoms with E-state index in [2.05, 4.69) is 26.0 Å². The van der Waals surface area contributed by atoms with Crippen LogP contribution in [0.3, 0.4) is 0 Å². The number of aromatic nitrogens is 2. The number of hydrogen-bond acceptors (Lipinski definition) is 3. The first-order valence-electron chi connectivity index (χ1n) is 13.6. The summed E-state index contributed by atoms with van der Waals surface area (Å²) < 4.78 is 3.80. The zero-order valence-corrected chi connectivity index (χ0v) is 24.0. The maximum Gasteiger partial charge on any atom is 0.202 e.